The van der Waals surface area contributed by atoms with E-state index in [2.05, 4.69) is 37.2 Å². The Balaban J connectivity index is 1.58. The van der Waals surface area contributed by atoms with Crippen LogP contribution in [0.5, 0.6) is 0 Å². The molecule has 6 nitrogen and oxygen atoms in total. The Kier molecular flexibility index (Phi) is 5.50. The molecule has 0 saturated heterocycles. The lowest BCUT2D eigenvalue weighted by atomic mass is 10.1. The van der Waals surface area contributed by atoms with Crippen molar-refractivity contribution in [3.05, 3.63) is 71.9 Å². The number of rotatable bonds is 6. The van der Waals surface area contributed by atoms with E-state index >= 15 is 0 Å². The molecule has 28 heavy (non-hydrogen) atoms. The fraction of sp³-hybridized carbons (Fsp3) is 0.100. The second-order valence-corrected chi connectivity index (χ2v) is 8.05. The summed E-state index contributed by atoms with van der Waals surface area (Å²) in [6.45, 7) is 1.85. The SMILES string of the molecule is Cc1nnc(NC(=O)CSc2ncc(-c3ccccc3)n2-c2ccccc2)s1. The van der Waals surface area contributed by atoms with Crippen molar-refractivity contribution < 1.29 is 4.79 Å². The van der Waals surface area contributed by atoms with E-state index in [1.807, 2.05) is 61.7 Å². The summed E-state index contributed by atoms with van der Waals surface area (Å²) in [5.74, 6) is 0.0986. The van der Waals surface area contributed by atoms with Crippen molar-refractivity contribution >= 4 is 34.1 Å². The van der Waals surface area contributed by atoms with Crippen molar-refractivity contribution in [3.63, 3.8) is 0 Å². The van der Waals surface area contributed by atoms with Crippen LogP contribution in [0.15, 0.2) is 72.0 Å². The zero-order valence-electron chi connectivity index (χ0n) is 15.1. The minimum absolute atomic E-state index is 0.134. The maximum absolute atomic E-state index is 12.3. The van der Waals surface area contributed by atoms with Crippen molar-refractivity contribution in [2.24, 2.45) is 0 Å². The van der Waals surface area contributed by atoms with Crippen molar-refractivity contribution in [2.75, 3.05) is 11.1 Å². The second kappa shape index (κ2) is 8.37. The van der Waals surface area contributed by atoms with Crippen molar-refractivity contribution in [1.29, 1.82) is 0 Å². The van der Waals surface area contributed by atoms with E-state index in [1.165, 1.54) is 23.1 Å². The molecular formula is C20H17N5OS2. The van der Waals surface area contributed by atoms with Crippen molar-refractivity contribution in [3.8, 4) is 16.9 Å². The molecule has 4 rings (SSSR count). The summed E-state index contributed by atoms with van der Waals surface area (Å²) in [6, 6.07) is 20.1. The zero-order chi connectivity index (χ0) is 19.3. The van der Waals surface area contributed by atoms with Gasteiger partial charge >= 0.3 is 0 Å². The normalized spacial score (nSPS) is 10.8. The highest BCUT2D eigenvalue weighted by molar-refractivity contribution is 7.99. The van der Waals surface area contributed by atoms with Crippen LogP contribution >= 0.6 is 23.1 Å². The number of imidazole rings is 1. The third kappa shape index (κ3) is 4.13. The molecule has 1 N–H and O–H groups in total. The predicted octanol–water partition coefficient (Wildman–Crippen LogP) is 4.43. The lowest BCUT2D eigenvalue weighted by molar-refractivity contribution is -0.113. The Morgan fingerprint density at radius 2 is 1.79 bits per heavy atom. The van der Waals surface area contributed by atoms with Gasteiger partial charge in [0.2, 0.25) is 11.0 Å². The molecule has 140 valence electrons. The second-order valence-electron chi connectivity index (χ2n) is 5.93. The molecule has 1 amide bonds. The molecule has 0 bridgehead atoms. The largest absolute Gasteiger partial charge is 0.300 e. The average Bonchev–Trinajstić information content (AvgIpc) is 3.33. The van der Waals surface area contributed by atoms with E-state index in [-0.39, 0.29) is 11.7 Å². The van der Waals surface area contributed by atoms with Gasteiger partial charge in [-0.05, 0) is 19.1 Å². The molecule has 8 heteroatoms. The molecule has 4 aromatic rings. The molecule has 0 unspecified atom stereocenters. The van der Waals surface area contributed by atoms with E-state index in [4.69, 9.17) is 0 Å². The Labute approximate surface area is 170 Å². The van der Waals surface area contributed by atoms with Gasteiger partial charge in [0.05, 0.1) is 17.6 Å². The summed E-state index contributed by atoms with van der Waals surface area (Å²) in [6.07, 6.45) is 1.84. The number of para-hydroxylation sites is 1. The molecule has 0 spiro atoms. The number of carbonyl (C=O) groups excluding carboxylic acids is 1. The van der Waals surface area contributed by atoms with E-state index < -0.39 is 0 Å². The number of aromatic nitrogens is 4. The van der Waals surface area contributed by atoms with Gasteiger partial charge in [0.1, 0.15) is 5.01 Å². The van der Waals surface area contributed by atoms with Gasteiger partial charge in [-0.2, -0.15) is 0 Å². The van der Waals surface area contributed by atoms with Gasteiger partial charge in [-0.25, -0.2) is 4.98 Å². The molecule has 0 aliphatic heterocycles. The minimum atomic E-state index is -0.134. The number of benzene rings is 2. The molecule has 2 aromatic carbocycles. The summed E-state index contributed by atoms with van der Waals surface area (Å²) in [5, 5.41) is 12.7. The molecule has 0 radical (unpaired) electrons. The molecular weight excluding hydrogens is 390 g/mol. The van der Waals surface area contributed by atoms with Crippen LogP contribution in [0.25, 0.3) is 16.9 Å². The summed E-state index contributed by atoms with van der Waals surface area (Å²) >= 11 is 2.74. The van der Waals surface area contributed by atoms with Gasteiger partial charge in [-0.3, -0.25) is 14.7 Å². The molecule has 0 aliphatic carbocycles. The zero-order valence-corrected chi connectivity index (χ0v) is 16.7. The number of thioether (sulfide) groups is 1. The first-order valence-corrected chi connectivity index (χ1v) is 10.4. The fourth-order valence-corrected chi connectivity index (χ4v) is 4.11. The predicted molar refractivity (Wildman–Crippen MR) is 113 cm³/mol. The monoisotopic (exact) mass is 407 g/mol. The molecule has 0 atom stereocenters. The number of nitrogens with zero attached hydrogens (tertiary/aromatic N) is 4. The fourth-order valence-electron chi connectivity index (χ4n) is 2.71. The van der Waals surface area contributed by atoms with E-state index in [0.29, 0.717) is 5.13 Å². The molecule has 2 heterocycles. The van der Waals surface area contributed by atoms with Crippen LogP contribution in [0.1, 0.15) is 5.01 Å². The van der Waals surface area contributed by atoms with Crippen LogP contribution in [0.2, 0.25) is 0 Å². The van der Waals surface area contributed by atoms with Crippen LogP contribution in [-0.4, -0.2) is 31.4 Å². The van der Waals surface area contributed by atoms with E-state index in [0.717, 1.165) is 27.1 Å². The summed E-state index contributed by atoms with van der Waals surface area (Å²) in [5.41, 5.74) is 3.05. The maximum atomic E-state index is 12.3. The first-order valence-electron chi connectivity index (χ1n) is 8.62. The van der Waals surface area contributed by atoms with Crippen LogP contribution in [0, 0.1) is 6.92 Å². The average molecular weight is 408 g/mol. The van der Waals surface area contributed by atoms with Crippen LogP contribution in [-0.2, 0) is 4.79 Å². The van der Waals surface area contributed by atoms with Crippen molar-refractivity contribution in [1.82, 2.24) is 19.7 Å². The quantitative estimate of drug-likeness (QED) is 0.479. The smallest absolute Gasteiger partial charge is 0.236 e. The Hall–Kier alpha value is -2.97. The molecule has 2 aromatic heterocycles. The number of hydrogen-bond acceptors (Lipinski definition) is 6. The van der Waals surface area contributed by atoms with Gasteiger partial charge in [0.15, 0.2) is 5.16 Å². The maximum Gasteiger partial charge on any atom is 0.236 e. The van der Waals surface area contributed by atoms with Crippen LogP contribution in [0.4, 0.5) is 5.13 Å². The topological polar surface area (TPSA) is 72.7 Å². The highest BCUT2D eigenvalue weighted by atomic mass is 32.2. The molecule has 0 aliphatic rings. The lowest BCUT2D eigenvalue weighted by Crippen LogP contribution is -2.14. The summed E-state index contributed by atoms with van der Waals surface area (Å²) in [7, 11) is 0. The van der Waals surface area contributed by atoms with Gasteiger partial charge in [-0.1, -0.05) is 71.6 Å². The number of carbonyl (C=O) groups is 1. The first kappa shape index (κ1) is 18.4. The number of hydrogen-bond donors (Lipinski definition) is 1. The number of anilines is 1. The third-order valence-corrected chi connectivity index (χ3v) is 5.62. The molecule has 0 fully saturated rings. The summed E-state index contributed by atoms with van der Waals surface area (Å²) in [4.78, 5) is 16.9. The Morgan fingerprint density at radius 1 is 1.07 bits per heavy atom. The third-order valence-electron chi connectivity index (χ3n) is 3.92. The highest BCUT2D eigenvalue weighted by Crippen LogP contribution is 2.29. The van der Waals surface area contributed by atoms with E-state index in [1.54, 1.807) is 0 Å². The summed E-state index contributed by atoms with van der Waals surface area (Å²) < 4.78 is 2.07. The van der Waals surface area contributed by atoms with Gasteiger partial charge in [-0.15, -0.1) is 10.2 Å². The lowest BCUT2D eigenvalue weighted by Gasteiger charge is -2.12. The number of amides is 1. The van der Waals surface area contributed by atoms with E-state index in [9.17, 15) is 4.79 Å². The number of aryl methyl sites for hydroxylation is 1. The van der Waals surface area contributed by atoms with Gasteiger partial charge in [0.25, 0.3) is 0 Å². The standard InChI is InChI=1S/C20H17N5OS2/c1-14-23-24-19(28-14)22-18(26)13-27-20-21-12-17(15-8-4-2-5-9-15)25(20)16-10-6-3-7-11-16/h2-12H,13H2,1H3,(H,22,24,26). The van der Waals surface area contributed by atoms with Crippen molar-refractivity contribution in [2.45, 2.75) is 12.1 Å². The van der Waals surface area contributed by atoms with Gasteiger partial charge in [0, 0.05) is 11.3 Å². The highest BCUT2D eigenvalue weighted by Gasteiger charge is 2.16. The minimum Gasteiger partial charge on any atom is -0.300 e. The Bertz CT molecular complexity index is 1080. The molecule has 0 saturated carbocycles. The van der Waals surface area contributed by atoms with Crippen LogP contribution in [0.3, 0.4) is 0 Å². The van der Waals surface area contributed by atoms with Gasteiger partial charge < -0.3 is 0 Å². The van der Waals surface area contributed by atoms with Crippen LogP contribution < -0.4 is 5.32 Å². The number of nitrogens with one attached hydrogen (secondary N) is 1. The Morgan fingerprint density at radius 3 is 2.46 bits per heavy atom. The first-order chi connectivity index (χ1) is 13.7.